The Kier molecular flexibility index (Phi) is 11.8. The van der Waals surface area contributed by atoms with Gasteiger partial charge in [0.05, 0.1) is 47.2 Å². The first-order valence-corrected chi connectivity index (χ1v) is 26.2. The number of methoxy groups -OCH3 is 1. The molecule has 1 aliphatic heterocycles. The number of ether oxygens (including phenoxy) is 2. The molecular formula is C53H56N8O7S2. The zero-order valence-corrected chi connectivity index (χ0v) is 41.6. The number of benzene rings is 3. The van der Waals surface area contributed by atoms with Crippen molar-refractivity contribution in [3.8, 4) is 28.0 Å². The van der Waals surface area contributed by atoms with E-state index in [-0.39, 0.29) is 34.8 Å². The van der Waals surface area contributed by atoms with Gasteiger partial charge in [0, 0.05) is 46.6 Å². The first kappa shape index (κ1) is 46.1. The molecular weight excluding hydrogens is 925 g/mol. The van der Waals surface area contributed by atoms with Crippen molar-refractivity contribution in [2.45, 2.75) is 96.1 Å². The maximum Gasteiger partial charge on any atom is 0.355 e. The molecule has 4 aromatic heterocycles. The minimum Gasteiger partial charge on any atom is -0.497 e. The highest BCUT2D eigenvalue weighted by molar-refractivity contribution is 7.86. The van der Waals surface area contributed by atoms with Gasteiger partial charge in [-0.1, -0.05) is 53.3 Å². The van der Waals surface area contributed by atoms with Gasteiger partial charge in [-0.05, 0) is 144 Å². The quantitative estimate of drug-likeness (QED) is 0.0731. The minimum absolute atomic E-state index is 0.0555. The molecule has 0 radical (unpaired) electrons. The number of para-hydroxylation sites is 1. The molecule has 362 valence electrons. The number of rotatable bonds is 15. The van der Waals surface area contributed by atoms with Crippen LogP contribution in [0.15, 0.2) is 83.9 Å². The first-order valence-electron chi connectivity index (χ1n) is 24.0. The molecule has 0 amide bonds. The van der Waals surface area contributed by atoms with Gasteiger partial charge in [0.1, 0.15) is 11.6 Å². The number of aryl methyl sites for hydroxylation is 1. The fourth-order valence-corrected chi connectivity index (χ4v) is 14.2. The van der Waals surface area contributed by atoms with E-state index < -0.39 is 16.1 Å². The topological polar surface area (TPSA) is 184 Å². The molecule has 70 heavy (non-hydrogen) atoms. The predicted octanol–water partition coefficient (Wildman–Crippen LogP) is 10.5. The summed E-state index contributed by atoms with van der Waals surface area (Å²) in [6.45, 7) is 9.29. The number of hydrogen-bond acceptors (Lipinski definition) is 14. The molecule has 4 bridgehead atoms. The highest BCUT2D eigenvalue weighted by Crippen LogP contribution is 2.63. The lowest BCUT2D eigenvalue weighted by atomic mass is 9.48. The molecule has 0 saturated heterocycles. The van der Waals surface area contributed by atoms with Crippen molar-refractivity contribution in [3.63, 3.8) is 0 Å². The lowest BCUT2D eigenvalue weighted by molar-refractivity contribution is -0.199. The van der Waals surface area contributed by atoms with E-state index in [1.807, 2.05) is 81.1 Å². The van der Waals surface area contributed by atoms with Crippen molar-refractivity contribution >= 4 is 60.2 Å². The number of hydrogen-bond donors (Lipinski definition) is 2. The van der Waals surface area contributed by atoms with Crippen LogP contribution in [0, 0.1) is 44.9 Å². The summed E-state index contributed by atoms with van der Waals surface area (Å²) in [7, 11) is -2.27. The summed E-state index contributed by atoms with van der Waals surface area (Å²) in [6.07, 6.45) is 9.36. The molecule has 2 N–H and O–H groups in total. The number of fused-ring (bicyclic) bond motifs is 2. The number of carbonyl (C=O) groups is 1. The van der Waals surface area contributed by atoms with E-state index in [0.717, 1.165) is 106 Å². The second-order valence-corrected chi connectivity index (χ2v) is 22.6. The zero-order valence-electron chi connectivity index (χ0n) is 40.0. The third-order valence-electron chi connectivity index (χ3n) is 15.2. The van der Waals surface area contributed by atoms with Crippen LogP contribution in [0.5, 0.6) is 5.75 Å². The Hall–Kier alpha value is -6.27. The molecule has 3 aromatic carbocycles. The van der Waals surface area contributed by atoms with E-state index in [1.54, 1.807) is 48.9 Å². The summed E-state index contributed by atoms with van der Waals surface area (Å²) in [5.74, 6) is 2.31. The number of thiazole rings is 1. The second kappa shape index (κ2) is 17.8. The molecule has 2 unspecified atom stereocenters. The molecule has 15 nitrogen and oxygen atoms in total. The molecule has 5 aliphatic rings. The van der Waals surface area contributed by atoms with Crippen LogP contribution in [0.1, 0.15) is 83.4 Å². The van der Waals surface area contributed by atoms with Crippen LogP contribution in [-0.2, 0) is 32.0 Å². The van der Waals surface area contributed by atoms with Crippen LogP contribution in [0.3, 0.4) is 0 Å². The Morgan fingerprint density at radius 3 is 2.37 bits per heavy atom. The van der Waals surface area contributed by atoms with Gasteiger partial charge in [0.25, 0.3) is 10.1 Å². The van der Waals surface area contributed by atoms with Gasteiger partial charge in [0.2, 0.25) is 0 Å². The Labute approximate surface area is 411 Å². The van der Waals surface area contributed by atoms with Gasteiger partial charge in [-0.15, -0.1) is 10.2 Å². The standard InChI is InChI=1S/C53H56N8O7S2/c1-31-12-18-39(19-13-31)70(64,65)68-22-21-67-53-26-35-23-36(27-53)25-52(24-35,29-53)30-61-34(4)41(28-54-61)45-33(3)44(37-14-16-38(66-5)17-15-37)49(56-46(45)50(62)63)60-20-8-9-40-32(2)47(58-59-48(40)60)57-51-55-42-10-6-7-11-43(42)69-51/h6-7,10-19,28,35-36H,8-9,20-27,29-30H2,1-5H3,(H,62,63)(H,55,57,58). The molecule has 12 rings (SSSR count). The number of aromatic nitrogens is 6. The Bertz CT molecular complexity index is 3230. The summed E-state index contributed by atoms with van der Waals surface area (Å²) >= 11 is 1.56. The number of nitrogens with zero attached hydrogens (tertiary/aromatic N) is 7. The van der Waals surface area contributed by atoms with Gasteiger partial charge < -0.3 is 24.8 Å². The summed E-state index contributed by atoms with van der Waals surface area (Å²) in [6, 6.07) is 22.4. The molecule has 0 spiro atoms. The van der Waals surface area contributed by atoms with Crippen LogP contribution < -0.4 is 15.0 Å². The predicted molar refractivity (Wildman–Crippen MR) is 269 cm³/mol. The molecule has 4 fully saturated rings. The van der Waals surface area contributed by atoms with Crippen molar-refractivity contribution in [3.05, 3.63) is 113 Å². The summed E-state index contributed by atoms with van der Waals surface area (Å²) in [5.41, 5.74) is 7.83. The van der Waals surface area contributed by atoms with E-state index in [2.05, 4.69) is 10.00 Å². The van der Waals surface area contributed by atoms with E-state index in [1.165, 1.54) is 0 Å². The molecule has 17 heteroatoms. The van der Waals surface area contributed by atoms with Gasteiger partial charge in [-0.2, -0.15) is 13.5 Å². The average Bonchev–Trinajstić information content (AvgIpc) is 3.92. The maximum absolute atomic E-state index is 13.6. The zero-order chi connectivity index (χ0) is 48.5. The monoisotopic (exact) mass is 980 g/mol. The van der Waals surface area contributed by atoms with Crippen LogP contribution in [0.25, 0.3) is 32.5 Å². The number of carboxylic acids is 1. The van der Waals surface area contributed by atoms with Gasteiger partial charge >= 0.3 is 5.97 Å². The largest absolute Gasteiger partial charge is 0.497 e. The highest BCUT2D eigenvalue weighted by Gasteiger charge is 2.58. The molecule has 2 atom stereocenters. The van der Waals surface area contributed by atoms with E-state index in [9.17, 15) is 18.3 Å². The van der Waals surface area contributed by atoms with Crippen LogP contribution in [-0.4, -0.2) is 81.9 Å². The van der Waals surface area contributed by atoms with Crippen LogP contribution in [0.2, 0.25) is 0 Å². The van der Waals surface area contributed by atoms with Crippen molar-refractivity contribution in [1.29, 1.82) is 0 Å². The first-order chi connectivity index (χ1) is 33.7. The third-order valence-corrected chi connectivity index (χ3v) is 17.5. The maximum atomic E-state index is 13.6. The molecule has 4 saturated carbocycles. The SMILES string of the molecule is COc1ccc(-c2c(N3CCCc4c3nnc(Nc3nc5ccccc5s3)c4C)nc(C(=O)O)c(-c3cnn(CC45CC6CC(C4)CC(OCCOS(=O)(=O)c4ccc(C)cc4)(C6)C5)c3C)c2C)cc1. The molecule has 7 aromatic rings. The van der Waals surface area contributed by atoms with Gasteiger partial charge in [-0.3, -0.25) is 8.86 Å². The van der Waals surface area contributed by atoms with E-state index in [0.29, 0.717) is 59.3 Å². The number of aromatic carboxylic acids is 1. The lowest BCUT2D eigenvalue weighted by Gasteiger charge is -2.61. The number of carboxylic acid groups (broad SMARTS) is 1. The molecule has 5 heterocycles. The van der Waals surface area contributed by atoms with Crippen molar-refractivity contribution in [2.75, 3.05) is 37.1 Å². The Balaban J connectivity index is 0.907. The minimum atomic E-state index is -3.90. The number of nitrogens with one attached hydrogen (secondary N) is 1. The summed E-state index contributed by atoms with van der Waals surface area (Å²) in [5, 5.41) is 29.8. The average molecular weight is 981 g/mol. The van der Waals surface area contributed by atoms with Crippen molar-refractivity contribution in [1.82, 2.24) is 29.9 Å². The van der Waals surface area contributed by atoms with Crippen LogP contribution in [0.4, 0.5) is 22.6 Å². The fourth-order valence-electron chi connectivity index (χ4n) is 12.5. The molecule has 4 aliphatic carbocycles. The van der Waals surface area contributed by atoms with Crippen LogP contribution >= 0.6 is 11.3 Å². The van der Waals surface area contributed by atoms with Gasteiger partial charge in [-0.25, -0.2) is 14.8 Å². The van der Waals surface area contributed by atoms with Gasteiger partial charge in [0.15, 0.2) is 22.5 Å². The van der Waals surface area contributed by atoms with E-state index in [4.69, 9.17) is 38.9 Å². The van der Waals surface area contributed by atoms with Crippen molar-refractivity contribution in [2.24, 2.45) is 17.3 Å². The highest BCUT2D eigenvalue weighted by atomic mass is 32.2. The van der Waals surface area contributed by atoms with E-state index >= 15 is 0 Å². The smallest absolute Gasteiger partial charge is 0.355 e. The Morgan fingerprint density at radius 1 is 0.886 bits per heavy atom. The second-order valence-electron chi connectivity index (χ2n) is 19.9. The number of pyridine rings is 1. The normalized spacial score (nSPS) is 21.6. The fraction of sp³-hybridized carbons (Fsp3) is 0.396. The lowest BCUT2D eigenvalue weighted by Crippen LogP contribution is -2.58. The third kappa shape index (κ3) is 8.39. The Morgan fingerprint density at radius 2 is 1.64 bits per heavy atom. The number of anilines is 4. The summed E-state index contributed by atoms with van der Waals surface area (Å²) < 4.78 is 46.7. The van der Waals surface area contributed by atoms with Crippen molar-refractivity contribution < 1.29 is 32.0 Å². The summed E-state index contributed by atoms with van der Waals surface area (Å²) in [4.78, 5) is 25.6.